The maximum absolute atomic E-state index is 10.5. The van der Waals surface area contributed by atoms with Crippen LogP contribution in [0.3, 0.4) is 0 Å². The van der Waals surface area contributed by atoms with E-state index in [9.17, 15) is 4.79 Å². The molecule has 0 fully saturated rings. The number of aromatic nitrogens is 4. The lowest BCUT2D eigenvalue weighted by Gasteiger charge is -1.97. The van der Waals surface area contributed by atoms with Gasteiger partial charge in [0, 0.05) is 0 Å². The molecule has 0 aliphatic rings. The molecule has 0 bridgehead atoms. The maximum atomic E-state index is 10.5. The van der Waals surface area contributed by atoms with Gasteiger partial charge >= 0.3 is 5.97 Å². The Morgan fingerprint density at radius 1 is 1.82 bits per heavy atom. The number of esters is 1. The summed E-state index contributed by atoms with van der Waals surface area (Å²) in [4.78, 5) is 10.5. The number of H-pyrrole nitrogens is 1. The summed E-state index contributed by atoms with van der Waals surface area (Å²) in [7, 11) is 1.31. The van der Waals surface area contributed by atoms with E-state index in [1.807, 2.05) is 0 Å². The number of carbonyl (C=O) groups is 1. The molecule has 0 aliphatic heterocycles. The standard InChI is InChI=1S/C4H7N5O2/c1-11-3(10)2-5-4-6-8-9-7-4/h2H2,1H3,(H2,5,6,7,8,9). The van der Waals surface area contributed by atoms with Gasteiger partial charge in [0.25, 0.3) is 5.95 Å². The summed E-state index contributed by atoms with van der Waals surface area (Å²) in [5.74, 6) is -0.106. The van der Waals surface area contributed by atoms with Gasteiger partial charge in [0.2, 0.25) is 0 Å². The molecule has 7 heteroatoms. The molecule has 7 nitrogen and oxygen atoms in total. The molecule has 1 heterocycles. The topological polar surface area (TPSA) is 92.8 Å². The number of hydrogen-bond donors (Lipinski definition) is 2. The lowest BCUT2D eigenvalue weighted by Crippen LogP contribution is -2.15. The molecule has 0 amide bonds. The van der Waals surface area contributed by atoms with Crippen LogP contribution >= 0.6 is 0 Å². The van der Waals surface area contributed by atoms with Gasteiger partial charge in [-0.15, -0.1) is 5.10 Å². The normalized spacial score (nSPS) is 9.18. The van der Waals surface area contributed by atoms with Crippen LogP contribution in [0.5, 0.6) is 0 Å². The zero-order chi connectivity index (χ0) is 8.10. The minimum Gasteiger partial charge on any atom is -0.468 e. The molecule has 0 saturated carbocycles. The van der Waals surface area contributed by atoms with Crippen molar-refractivity contribution in [2.45, 2.75) is 0 Å². The van der Waals surface area contributed by atoms with E-state index >= 15 is 0 Å². The van der Waals surface area contributed by atoms with Crippen LogP contribution in [-0.2, 0) is 9.53 Å². The number of hydrogen-bond acceptors (Lipinski definition) is 6. The summed E-state index contributed by atoms with van der Waals surface area (Å²) < 4.78 is 4.36. The Labute approximate surface area is 62.1 Å². The Balaban J connectivity index is 2.29. The summed E-state index contributed by atoms with van der Waals surface area (Å²) in [6.45, 7) is 0.0377. The summed E-state index contributed by atoms with van der Waals surface area (Å²) in [6.07, 6.45) is 0. The number of tetrazole rings is 1. The van der Waals surface area contributed by atoms with Crippen LogP contribution in [-0.4, -0.2) is 40.2 Å². The second-order valence-corrected chi connectivity index (χ2v) is 1.67. The van der Waals surface area contributed by atoms with Gasteiger partial charge in [-0.05, 0) is 5.21 Å². The summed E-state index contributed by atoms with van der Waals surface area (Å²) >= 11 is 0. The molecule has 0 spiro atoms. The van der Waals surface area contributed by atoms with Gasteiger partial charge in [-0.3, -0.25) is 4.79 Å². The zero-order valence-corrected chi connectivity index (χ0v) is 5.87. The number of aromatic amines is 1. The van der Waals surface area contributed by atoms with Gasteiger partial charge in [0.1, 0.15) is 6.54 Å². The van der Waals surface area contributed by atoms with Crippen LogP contribution in [0.25, 0.3) is 0 Å². The van der Waals surface area contributed by atoms with E-state index < -0.39 is 0 Å². The first-order chi connectivity index (χ1) is 5.33. The second-order valence-electron chi connectivity index (χ2n) is 1.67. The number of rotatable bonds is 3. The SMILES string of the molecule is COC(=O)CNc1nn[nH]n1. The molecule has 0 aliphatic carbocycles. The van der Waals surface area contributed by atoms with Gasteiger partial charge in [0.05, 0.1) is 7.11 Å². The van der Waals surface area contributed by atoms with E-state index in [1.165, 1.54) is 7.11 Å². The van der Waals surface area contributed by atoms with E-state index in [-0.39, 0.29) is 18.5 Å². The molecule has 0 aromatic carbocycles. The fraction of sp³-hybridized carbons (Fsp3) is 0.500. The lowest BCUT2D eigenvalue weighted by molar-refractivity contribution is -0.138. The third-order valence-electron chi connectivity index (χ3n) is 0.964. The zero-order valence-electron chi connectivity index (χ0n) is 5.87. The smallest absolute Gasteiger partial charge is 0.325 e. The molecule has 11 heavy (non-hydrogen) atoms. The lowest BCUT2D eigenvalue weighted by atomic mass is 10.6. The number of methoxy groups -OCH3 is 1. The van der Waals surface area contributed by atoms with Crippen LogP contribution in [0.4, 0.5) is 5.95 Å². The van der Waals surface area contributed by atoms with Gasteiger partial charge in [-0.1, -0.05) is 5.10 Å². The van der Waals surface area contributed by atoms with Crippen molar-refractivity contribution in [2.75, 3.05) is 19.0 Å². The van der Waals surface area contributed by atoms with Crippen molar-refractivity contribution in [1.29, 1.82) is 0 Å². The molecule has 0 radical (unpaired) electrons. The van der Waals surface area contributed by atoms with Crippen molar-refractivity contribution >= 4 is 11.9 Å². The van der Waals surface area contributed by atoms with Crippen LogP contribution < -0.4 is 5.32 Å². The average Bonchev–Trinajstić information content (AvgIpc) is 2.52. The summed E-state index contributed by atoms with van der Waals surface area (Å²) in [5.41, 5.74) is 0. The molecule has 0 atom stereocenters. The highest BCUT2D eigenvalue weighted by atomic mass is 16.5. The van der Waals surface area contributed by atoms with E-state index in [0.717, 1.165) is 0 Å². The summed E-state index contributed by atoms with van der Waals surface area (Å²) in [6, 6.07) is 0. The number of anilines is 1. The quantitative estimate of drug-likeness (QED) is 0.534. The highest BCUT2D eigenvalue weighted by Crippen LogP contribution is 1.88. The molecule has 60 valence electrons. The van der Waals surface area contributed by atoms with Crippen molar-refractivity contribution in [3.8, 4) is 0 Å². The first kappa shape index (κ1) is 7.45. The van der Waals surface area contributed by atoms with Gasteiger partial charge in [0.15, 0.2) is 0 Å². The Morgan fingerprint density at radius 2 is 2.64 bits per heavy atom. The molecule has 1 rings (SSSR count). The molecule has 0 unspecified atom stereocenters. The molecule has 1 aromatic heterocycles. The minimum atomic E-state index is -0.380. The van der Waals surface area contributed by atoms with Crippen LogP contribution in [0.1, 0.15) is 0 Å². The number of nitrogens with one attached hydrogen (secondary N) is 2. The predicted octanol–water partition coefficient (Wildman–Crippen LogP) is -1.22. The number of ether oxygens (including phenoxy) is 1. The van der Waals surface area contributed by atoms with Crippen LogP contribution in [0.2, 0.25) is 0 Å². The first-order valence-electron chi connectivity index (χ1n) is 2.87. The third-order valence-corrected chi connectivity index (χ3v) is 0.964. The predicted molar refractivity (Wildman–Crippen MR) is 34.7 cm³/mol. The fourth-order valence-electron chi connectivity index (χ4n) is 0.460. The van der Waals surface area contributed by atoms with E-state index in [2.05, 4.69) is 30.7 Å². The Bertz CT molecular complexity index is 220. The Morgan fingerprint density at radius 3 is 3.18 bits per heavy atom. The Hall–Kier alpha value is -1.66. The third kappa shape index (κ3) is 2.20. The highest BCUT2D eigenvalue weighted by molar-refractivity contribution is 5.73. The minimum absolute atomic E-state index is 0.0377. The molecule has 1 aromatic rings. The van der Waals surface area contributed by atoms with E-state index in [1.54, 1.807) is 0 Å². The van der Waals surface area contributed by atoms with Gasteiger partial charge in [-0.2, -0.15) is 5.21 Å². The summed E-state index contributed by atoms with van der Waals surface area (Å²) in [5, 5.41) is 15.2. The van der Waals surface area contributed by atoms with Gasteiger partial charge < -0.3 is 10.1 Å². The van der Waals surface area contributed by atoms with Crippen molar-refractivity contribution in [3.05, 3.63) is 0 Å². The largest absolute Gasteiger partial charge is 0.468 e. The highest BCUT2D eigenvalue weighted by Gasteiger charge is 2.00. The molecule has 0 saturated heterocycles. The second kappa shape index (κ2) is 3.49. The monoisotopic (exact) mass is 157 g/mol. The van der Waals surface area contributed by atoms with Crippen LogP contribution in [0.15, 0.2) is 0 Å². The van der Waals surface area contributed by atoms with Crippen molar-refractivity contribution < 1.29 is 9.53 Å². The number of carbonyl (C=O) groups excluding carboxylic acids is 1. The molecule has 2 N–H and O–H groups in total. The van der Waals surface area contributed by atoms with Gasteiger partial charge in [-0.25, -0.2) is 0 Å². The molecular formula is C4H7N5O2. The van der Waals surface area contributed by atoms with Crippen molar-refractivity contribution in [2.24, 2.45) is 0 Å². The molecular weight excluding hydrogens is 150 g/mol. The maximum Gasteiger partial charge on any atom is 0.325 e. The average molecular weight is 157 g/mol. The van der Waals surface area contributed by atoms with E-state index in [0.29, 0.717) is 0 Å². The van der Waals surface area contributed by atoms with Crippen LogP contribution in [0, 0.1) is 0 Å². The van der Waals surface area contributed by atoms with Crippen molar-refractivity contribution in [1.82, 2.24) is 20.6 Å². The first-order valence-corrected chi connectivity index (χ1v) is 2.87. The Kier molecular flexibility index (Phi) is 2.37. The van der Waals surface area contributed by atoms with Crippen molar-refractivity contribution in [3.63, 3.8) is 0 Å². The number of nitrogens with zero attached hydrogens (tertiary/aromatic N) is 3. The fourth-order valence-corrected chi connectivity index (χ4v) is 0.460. The van der Waals surface area contributed by atoms with E-state index in [4.69, 9.17) is 0 Å².